The Kier molecular flexibility index (Phi) is 7.61. The number of ether oxygens (including phenoxy) is 3. The maximum atomic E-state index is 12.1. The van der Waals surface area contributed by atoms with Crippen LogP contribution < -0.4 is 14.8 Å². The molecule has 10 heteroatoms. The summed E-state index contributed by atoms with van der Waals surface area (Å²) >= 11 is 0. The molecule has 0 aliphatic rings. The molecule has 0 atom stereocenters. The average Bonchev–Trinajstić information content (AvgIpc) is 2.71. The molecule has 0 aromatic heterocycles. The van der Waals surface area contributed by atoms with E-state index in [0.717, 1.165) is 12.1 Å². The first-order valence-corrected chi connectivity index (χ1v) is 8.05. The number of imide groups is 1. The zero-order chi connectivity index (χ0) is 21.2. The zero-order valence-electron chi connectivity index (χ0n) is 14.8. The fourth-order valence-corrected chi connectivity index (χ4v) is 1.98. The smallest absolute Gasteiger partial charge is 0.387 e. The Balaban J connectivity index is 1.73. The van der Waals surface area contributed by atoms with Gasteiger partial charge in [0.2, 0.25) is 0 Å². The number of rotatable bonds is 8. The summed E-state index contributed by atoms with van der Waals surface area (Å²) in [5.41, 5.74) is 0.452. The van der Waals surface area contributed by atoms with E-state index in [9.17, 15) is 23.2 Å². The number of esters is 1. The van der Waals surface area contributed by atoms with Crippen LogP contribution in [0.2, 0.25) is 0 Å². The van der Waals surface area contributed by atoms with E-state index in [1.54, 1.807) is 0 Å². The maximum Gasteiger partial charge on any atom is 0.387 e. The predicted molar refractivity (Wildman–Crippen MR) is 93.2 cm³/mol. The van der Waals surface area contributed by atoms with E-state index in [2.05, 4.69) is 9.47 Å². The summed E-state index contributed by atoms with van der Waals surface area (Å²) in [6.45, 7) is -4.18. The molecule has 2 amide bonds. The van der Waals surface area contributed by atoms with Crippen LogP contribution in [0.5, 0.6) is 11.5 Å². The van der Waals surface area contributed by atoms with Gasteiger partial charge in [-0.05, 0) is 48.5 Å². The molecule has 1 N–H and O–H groups in total. The lowest BCUT2D eigenvalue weighted by Crippen LogP contribution is -2.34. The Bertz CT molecular complexity index is 908. The molecule has 8 nitrogen and oxygen atoms in total. The summed E-state index contributed by atoms with van der Waals surface area (Å²) in [5.74, 6) is -2.33. The lowest BCUT2D eigenvalue weighted by molar-refractivity contribution is -0.150. The molecule has 0 aliphatic heterocycles. The van der Waals surface area contributed by atoms with Crippen LogP contribution in [0.15, 0.2) is 48.5 Å². The minimum Gasteiger partial charge on any atom is -0.482 e. The third kappa shape index (κ3) is 7.26. The summed E-state index contributed by atoms with van der Waals surface area (Å²) in [6.07, 6.45) is 0. The molecule has 2 aromatic carbocycles. The number of amides is 2. The first-order valence-electron chi connectivity index (χ1n) is 8.05. The van der Waals surface area contributed by atoms with E-state index in [0.29, 0.717) is 11.3 Å². The van der Waals surface area contributed by atoms with Crippen LogP contribution in [0, 0.1) is 11.3 Å². The summed E-state index contributed by atoms with van der Waals surface area (Å²) in [7, 11) is 0. The van der Waals surface area contributed by atoms with Gasteiger partial charge in [-0.25, -0.2) is 4.79 Å². The maximum absolute atomic E-state index is 12.1. The molecule has 0 heterocycles. The number of hydrogen-bond acceptors (Lipinski definition) is 7. The lowest BCUT2D eigenvalue weighted by atomic mass is 10.2. The van der Waals surface area contributed by atoms with Gasteiger partial charge in [-0.1, -0.05) is 0 Å². The molecule has 0 unspecified atom stereocenters. The van der Waals surface area contributed by atoms with Crippen LogP contribution in [-0.4, -0.2) is 37.6 Å². The number of benzene rings is 2. The third-order valence-corrected chi connectivity index (χ3v) is 3.30. The van der Waals surface area contributed by atoms with Crippen molar-refractivity contribution in [2.75, 3.05) is 13.2 Å². The van der Waals surface area contributed by atoms with Crippen LogP contribution in [0.3, 0.4) is 0 Å². The van der Waals surface area contributed by atoms with E-state index < -0.39 is 37.6 Å². The number of hydrogen-bond donors (Lipinski definition) is 1. The number of carbonyl (C=O) groups is 3. The topological polar surface area (TPSA) is 115 Å². The van der Waals surface area contributed by atoms with Crippen molar-refractivity contribution in [3.8, 4) is 17.6 Å². The number of nitrogens with one attached hydrogen (secondary N) is 1. The van der Waals surface area contributed by atoms with E-state index in [4.69, 9.17) is 10.00 Å². The van der Waals surface area contributed by atoms with Gasteiger partial charge in [0.1, 0.15) is 11.5 Å². The van der Waals surface area contributed by atoms with Crippen LogP contribution in [0.1, 0.15) is 15.9 Å². The molecule has 0 bridgehead atoms. The van der Waals surface area contributed by atoms with E-state index in [1.807, 2.05) is 11.4 Å². The van der Waals surface area contributed by atoms with Gasteiger partial charge in [-0.15, -0.1) is 0 Å². The van der Waals surface area contributed by atoms with Crippen molar-refractivity contribution in [1.29, 1.82) is 5.26 Å². The van der Waals surface area contributed by atoms with Gasteiger partial charge in [0.25, 0.3) is 11.8 Å². The standard InChI is InChI=1S/C19H14F2N2O6/c20-19(21)29-15-7-3-13(4-8-15)18(26)23-16(24)10-28-17(25)11-27-14-5-1-12(9-22)2-6-14/h1-8,19H,10-11H2,(H,23,24,26). The second-order valence-electron chi connectivity index (χ2n) is 5.37. The van der Waals surface area contributed by atoms with Crippen molar-refractivity contribution >= 4 is 17.8 Å². The van der Waals surface area contributed by atoms with Crippen molar-refractivity contribution in [2.45, 2.75) is 6.61 Å². The monoisotopic (exact) mass is 404 g/mol. The molecule has 0 aliphatic carbocycles. The molecule has 0 saturated carbocycles. The molecular weight excluding hydrogens is 390 g/mol. The van der Waals surface area contributed by atoms with Gasteiger partial charge in [0, 0.05) is 5.56 Å². The van der Waals surface area contributed by atoms with E-state index >= 15 is 0 Å². The minimum absolute atomic E-state index is 0.0236. The molecular formula is C19H14F2N2O6. The van der Waals surface area contributed by atoms with Crippen molar-refractivity contribution in [1.82, 2.24) is 5.32 Å². The Labute approximate surface area is 163 Å². The minimum atomic E-state index is -2.99. The Morgan fingerprint density at radius 2 is 1.59 bits per heavy atom. The number of alkyl halides is 2. The fraction of sp³-hybridized carbons (Fsp3) is 0.158. The highest BCUT2D eigenvalue weighted by molar-refractivity contribution is 6.05. The van der Waals surface area contributed by atoms with Crippen LogP contribution in [-0.2, 0) is 14.3 Å². The Morgan fingerprint density at radius 3 is 2.17 bits per heavy atom. The molecule has 29 heavy (non-hydrogen) atoms. The van der Waals surface area contributed by atoms with Crippen molar-refractivity contribution in [3.05, 3.63) is 59.7 Å². The predicted octanol–water partition coefficient (Wildman–Crippen LogP) is 2.04. The first-order chi connectivity index (χ1) is 13.9. The highest BCUT2D eigenvalue weighted by Crippen LogP contribution is 2.15. The molecule has 0 saturated heterocycles. The number of nitrogens with zero attached hydrogens (tertiary/aromatic N) is 1. The molecule has 0 fully saturated rings. The second kappa shape index (κ2) is 10.4. The van der Waals surface area contributed by atoms with E-state index in [-0.39, 0.29) is 11.3 Å². The third-order valence-electron chi connectivity index (χ3n) is 3.30. The van der Waals surface area contributed by atoms with Gasteiger partial charge in [0.15, 0.2) is 13.2 Å². The quantitative estimate of drug-likeness (QED) is 0.670. The number of nitriles is 1. The van der Waals surface area contributed by atoms with Crippen molar-refractivity contribution in [3.63, 3.8) is 0 Å². The van der Waals surface area contributed by atoms with Gasteiger partial charge >= 0.3 is 12.6 Å². The van der Waals surface area contributed by atoms with Gasteiger partial charge in [0.05, 0.1) is 11.6 Å². The van der Waals surface area contributed by atoms with Crippen LogP contribution in [0.25, 0.3) is 0 Å². The van der Waals surface area contributed by atoms with Gasteiger partial charge in [-0.2, -0.15) is 14.0 Å². The highest BCUT2D eigenvalue weighted by Gasteiger charge is 2.14. The average molecular weight is 404 g/mol. The number of carbonyl (C=O) groups excluding carboxylic acids is 3. The highest BCUT2D eigenvalue weighted by atomic mass is 19.3. The fourth-order valence-electron chi connectivity index (χ4n) is 1.98. The van der Waals surface area contributed by atoms with Crippen molar-refractivity contribution < 1.29 is 37.4 Å². The molecule has 150 valence electrons. The molecule has 0 spiro atoms. The lowest BCUT2D eigenvalue weighted by Gasteiger charge is -2.08. The van der Waals surface area contributed by atoms with Crippen LogP contribution >= 0.6 is 0 Å². The van der Waals surface area contributed by atoms with Gasteiger partial charge < -0.3 is 14.2 Å². The molecule has 2 rings (SSSR count). The Morgan fingerprint density at radius 1 is 0.966 bits per heavy atom. The van der Waals surface area contributed by atoms with Gasteiger partial charge in [-0.3, -0.25) is 14.9 Å². The van der Waals surface area contributed by atoms with E-state index in [1.165, 1.54) is 36.4 Å². The summed E-state index contributed by atoms with van der Waals surface area (Å²) < 4.78 is 38.1. The first kappa shape index (κ1) is 21.3. The SMILES string of the molecule is N#Cc1ccc(OCC(=O)OCC(=O)NC(=O)c2ccc(OC(F)F)cc2)cc1. The second-order valence-corrected chi connectivity index (χ2v) is 5.37. The molecule has 2 aromatic rings. The molecule has 0 radical (unpaired) electrons. The number of halogens is 2. The normalized spacial score (nSPS) is 10.0. The summed E-state index contributed by atoms with van der Waals surface area (Å²) in [5, 5.41) is 10.7. The Hall–Kier alpha value is -4.00. The van der Waals surface area contributed by atoms with Crippen LogP contribution in [0.4, 0.5) is 8.78 Å². The largest absolute Gasteiger partial charge is 0.482 e. The zero-order valence-corrected chi connectivity index (χ0v) is 14.8. The summed E-state index contributed by atoms with van der Waals surface area (Å²) in [4.78, 5) is 35.2. The van der Waals surface area contributed by atoms with Crippen molar-refractivity contribution in [2.24, 2.45) is 0 Å². The summed E-state index contributed by atoms with van der Waals surface area (Å²) in [6, 6.07) is 12.6.